The number of nitrogens with zero attached hydrogens (tertiary/aromatic N) is 3. The summed E-state index contributed by atoms with van der Waals surface area (Å²) in [6.45, 7) is 3.63. The van der Waals surface area contributed by atoms with Gasteiger partial charge in [0.05, 0.1) is 28.5 Å². The van der Waals surface area contributed by atoms with Crippen LogP contribution < -0.4 is 5.32 Å². The SMILES string of the molecule is Cc1cc(Br)c(NC(C)c2cnccn2)cc1[N+](=O)[O-]. The summed E-state index contributed by atoms with van der Waals surface area (Å²) in [4.78, 5) is 18.8. The summed E-state index contributed by atoms with van der Waals surface area (Å²) in [5.41, 5.74) is 2.12. The fourth-order valence-corrected chi connectivity index (χ4v) is 2.38. The van der Waals surface area contributed by atoms with E-state index < -0.39 is 0 Å². The fourth-order valence-electron chi connectivity index (χ4n) is 1.81. The van der Waals surface area contributed by atoms with E-state index in [0.717, 1.165) is 10.2 Å². The Balaban J connectivity index is 2.29. The molecule has 2 aromatic rings. The van der Waals surface area contributed by atoms with Crippen LogP contribution in [0.25, 0.3) is 0 Å². The van der Waals surface area contributed by atoms with E-state index in [9.17, 15) is 10.1 Å². The summed E-state index contributed by atoms with van der Waals surface area (Å²) in [6, 6.07) is 3.14. The summed E-state index contributed by atoms with van der Waals surface area (Å²) in [5, 5.41) is 14.2. The van der Waals surface area contributed by atoms with Crippen LogP contribution in [0.4, 0.5) is 11.4 Å². The van der Waals surface area contributed by atoms with E-state index >= 15 is 0 Å². The van der Waals surface area contributed by atoms with Crippen LogP contribution in [0.2, 0.25) is 0 Å². The fraction of sp³-hybridized carbons (Fsp3) is 0.231. The third-order valence-electron chi connectivity index (χ3n) is 2.88. The molecule has 6 nitrogen and oxygen atoms in total. The number of nitro groups is 1. The van der Waals surface area contributed by atoms with Gasteiger partial charge in [0.15, 0.2) is 0 Å². The van der Waals surface area contributed by atoms with Crippen molar-refractivity contribution in [2.75, 3.05) is 5.32 Å². The maximum atomic E-state index is 11.0. The van der Waals surface area contributed by atoms with Crippen LogP contribution in [0.3, 0.4) is 0 Å². The summed E-state index contributed by atoms with van der Waals surface area (Å²) < 4.78 is 0.774. The quantitative estimate of drug-likeness (QED) is 0.681. The summed E-state index contributed by atoms with van der Waals surface area (Å²) in [6.07, 6.45) is 4.87. The molecule has 1 unspecified atom stereocenters. The molecule has 1 atom stereocenters. The number of hydrogen-bond acceptors (Lipinski definition) is 5. The molecular weight excluding hydrogens is 324 g/mol. The largest absolute Gasteiger partial charge is 0.376 e. The third kappa shape index (κ3) is 3.11. The third-order valence-corrected chi connectivity index (χ3v) is 3.54. The molecular formula is C13H13BrN4O2. The van der Waals surface area contributed by atoms with E-state index in [1.807, 2.05) is 6.92 Å². The Morgan fingerprint density at radius 2 is 2.15 bits per heavy atom. The highest BCUT2D eigenvalue weighted by Crippen LogP contribution is 2.32. The van der Waals surface area contributed by atoms with Crippen molar-refractivity contribution >= 4 is 27.3 Å². The normalized spacial score (nSPS) is 11.9. The minimum Gasteiger partial charge on any atom is -0.376 e. The molecule has 104 valence electrons. The molecule has 0 aliphatic rings. The van der Waals surface area contributed by atoms with Gasteiger partial charge < -0.3 is 5.32 Å². The number of rotatable bonds is 4. The highest BCUT2D eigenvalue weighted by atomic mass is 79.9. The second-order valence-electron chi connectivity index (χ2n) is 4.37. The van der Waals surface area contributed by atoms with Gasteiger partial charge in [-0.2, -0.15) is 0 Å². The zero-order valence-corrected chi connectivity index (χ0v) is 12.6. The zero-order valence-electron chi connectivity index (χ0n) is 11.0. The topological polar surface area (TPSA) is 81.0 Å². The predicted octanol–water partition coefficient (Wildman–Crippen LogP) is 3.63. The molecule has 20 heavy (non-hydrogen) atoms. The van der Waals surface area contributed by atoms with Crippen LogP contribution in [-0.2, 0) is 0 Å². The first-order chi connectivity index (χ1) is 9.49. The number of nitro benzene ring substituents is 1. The van der Waals surface area contributed by atoms with Crippen molar-refractivity contribution in [3.63, 3.8) is 0 Å². The van der Waals surface area contributed by atoms with Gasteiger partial charge in [-0.05, 0) is 35.8 Å². The second-order valence-corrected chi connectivity index (χ2v) is 5.23. The minimum atomic E-state index is -0.389. The van der Waals surface area contributed by atoms with Crippen molar-refractivity contribution in [1.29, 1.82) is 0 Å². The van der Waals surface area contributed by atoms with Crippen LogP contribution in [0.1, 0.15) is 24.2 Å². The van der Waals surface area contributed by atoms with E-state index in [2.05, 4.69) is 31.2 Å². The lowest BCUT2D eigenvalue weighted by molar-refractivity contribution is -0.385. The smallest absolute Gasteiger partial charge is 0.274 e. The van der Waals surface area contributed by atoms with Crippen LogP contribution in [0, 0.1) is 17.0 Å². The maximum absolute atomic E-state index is 11.0. The van der Waals surface area contributed by atoms with E-state index in [1.54, 1.807) is 31.6 Å². The van der Waals surface area contributed by atoms with Crippen molar-refractivity contribution < 1.29 is 4.92 Å². The predicted molar refractivity (Wildman–Crippen MR) is 79.6 cm³/mol. The molecule has 2 rings (SSSR count). The van der Waals surface area contributed by atoms with Crippen LogP contribution >= 0.6 is 15.9 Å². The molecule has 0 aliphatic heterocycles. The van der Waals surface area contributed by atoms with Gasteiger partial charge in [0.25, 0.3) is 5.69 Å². The van der Waals surface area contributed by atoms with Gasteiger partial charge in [-0.1, -0.05) is 0 Å². The van der Waals surface area contributed by atoms with Gasteiger partial charge in [0.1, 0.15) is 0 Å². The van der Waals surface area contributed by atoms with E-state index in [1.165, 1.54) is 6.07 Å². The standard InChI is InChI=1S/C13H13BrN4O2/c1-8-5-10(14)11(6-13(8)18(19)20)17-9(2)12-7-15-3-4-16-12/h3-7,9,17H,1-2H3. The molecule has 1 aromatic heterocycles. The van der Waals surface area contributed by atoms with Gasteiger partial charge in [-0.25, -0.2) is 0 Å². The van der Waals surface area contributed by atoms with Crippen molar-refractivity contribution in [1.82, 2.24) is 9.97 Å². The van der Waals surface area contributed by atoms with Gasteiger partial charge >= 0.3 is 0 Å². The van der Waals surface area contributed by atoms with Gasteiger partial charge in [-0.3, -0.25) is 20.1 Å². The lowest BCUT2D eigenvalue weighted by Gasteiger charge is -2.16. The molecule has 0 aliphatic carbocycles. The number of anilines is 1. The molecule has 1 heterocycles. The van der Waals surface area contributed by atoms with Crippen molar-refractivity contribution in [3.05, 3.63) is 56.6 Å². The molecule has 7 heteroatoms. The first-order valence-corrected chi connectivity index (χ1v) is 6.75. The number of aryl methyl sites for hydroxylation is 1. The number of hydrogen-bond donors (Lipinski definition) is 1. The number of halogens is 1. The maximum Gasteiger partial charge on any atom is 0.274 e. The Morgan fingerprint density at radius 3 is 2.75 bits per heavy atom. The lowest BCUT2D eigenvalue weighted by atomic mass is 10.1. The molecule has 0 fully saturated rings. The molecule has 0 spiro atoms. The second kappa shape index (κ2) is 5.96. The molecule has 0 radical (unpaired) electrons. The zero-order chi connectivity index (χ0) is 14.7. The minimum absolute atomic E-state index is 0.0852. The van der Waals surface area contributed by atoms with Crippen molar-refractivity contribution in [3.8, 4) is 0 Å². The molecule has 0 amide bonds. The Hall–Kier alpha value is -2.02. The lowest BCUT2D eigenvalue weighted by Crippen LogP contribution is -2.09. The average molecular weight is 337 g/mol. The Kier molecular flexibility index (Phi) is 4.29. The van der Waals surface area contributed by atoms with Crippen LogP contribution in [-0.4, -0.2) is 14.9 Å². The Labute approximate surface area is 124 Å². The van der Waals surface area contributed by atoms with Crippen LogP contribution in [0.15, 0.2) is 35.2 Å². The monoisotopic (exact) mass is 336 g/mol. The molecule has 1 aromatic carbocycles. The summed E-state index contributed by atoms with van der Waals surface area (Å²) >= 11 is 3.41. The number of nitrogens with one attached hydrogen (secondary N) is 1. The van der Waals surface area contributed by atoms with E-state index in [0.29, 0.717) is 11.3 Å². The van der Waals surface area contributed by atoms with Crippen molar-refractivity contribution in [2.24, 2.45) is 0 Å². The summed E-state index contributed by atoms with van der Waals surface area (Å²) in [7, 11) is 0. The summed E-state index contributed by atoms with van der Waals surface area (Å²) in [5.74, 6) is 0. The highest BCUT2D eigenvalue weighted by Gasteiger charge is 2.16. The molecule has 1 N–H and O–H groups in total. The van der Waals surface area contributed by atoms with E-state index in [4.69, 9.17) is 0 Å². The molecule has 0 saturated carbocycles. The number of aromatic nitrogens is 2. The Morgan fingerprint density at radius 1 is 1.40 bits per heavy atom. The molecule has 0 saturated heterocycles. The first kappa shape index (κ1) is 14.4. The van der Waals surface area contributed by atoms with Gasteiger partial charge in [0.2, 0.25) is 0 Å². The van der Waals surface area contributed by atoms with Crippen molar-refractivity contribution in [2.45, 2.75) is 19.9 Å². The molecule has 0 bridgehead atoms. The van der Waals surface area contributed by atoms with E-state index in [-0.39, 0.29) is 16.7 Å². The average Bonchev–Trinajstić information content (AvgIpc) is 2.42. The first-order valence-electron chi connectivity index (χ1n) is 5.96. The number of benzene rings is 1. The van der Waals surface area contributed by atoms with Crippen LogP contribution in [0.5, 0.6) is 0 Å². The van der Waals surface area contributed by atoms with Gasteiger partial charge in [0, 0.05) is 28.5 Å². The highest BCUT2D eigenvalue weighted by molar-refractivity contribution is 9.10. The van der Waals surface area contributed by atoms with Gasteiger partial charge in [-0.15, -0.1) is 0 Å². The Bertz CT molecular complexity index is 634.